The van der Waals surface area contributed by atoms with Gasteiger partial charge in [-0.05, 0) is 38.5 Å². The Balaban J connectivity index is 1.64. The first-order valence-corrected chi connectivity index (χ1v) is 6.56. The van der Waals surface area contributed by atoms with Gasteiger partial charge in [-0.2, -0.15) is 0 Å². The van der Waals surface area contributed by atoms with Crippen molar-refractivity contribution in [3.8, 4) is 0 Å². The van der Waals surface area contributed by atoms with E-state index in [1.807, 2.05) is 0 Å². The average molecular weight is 208 g/mol. The van der Waals surface area contributed by atoms with Crippen LogP contribution in [0.2, 0.25) is 0 Å². The Bertz CT molecular complexity index is 191. The Morgan fingerprint density at radius 1 is 0.800 bits per heavy atom. The van der Waals surface area contributed by atoms with Gasteiger partial charge in [0.1, 0.15) is 12.3 Å². The van der Waals surface area contributed by atoms with Crippen LogP contribution in [0, 0.1) is 5.92 Å². The van der Waals surface area contributed by atoms with Gasteiger partial charge in [0.15, 0.2) is 0 Å². The Kier molecular flexibility index (Phi) is 4.49. The van der Waals surface area contributed by atoms with Gasteiger partial charge in [-0.15, -0.1) is 0 Å². The Labute approximate surface area is 93.1 Å². The van der Waals surface area contributed by atoms with Gasteiger partial charge in [0.2, 0.25) is 0 Å². The summed E-state index contributed by atoms with van der Waals surface area (Å²) in [6, 6.07) is 0. The fourth-order valence-electron chi connectivity index (χ4n) is 2.58. The molecule has 2 nitrogen and oxygen atoms in total. The Morgan fingerprint density at radius 2 is 1.40 bits per heavy atom. The van der Waals surface area contributed by atoms with E-state index in [0.29, 0.717) is 12.0 Å². The molecule has 85 valence electrons. The maximum Gasteiger partial charge on any atom is 0.127 e. The molecule has 2 aliphatic rings. The first-order valence-electron chi connectivity index (χ1n) is 6.56. The van der Waals surface area contributed by atoms with Crippen molar-refractivity contribution < 1.29 is 4.84 Å². The molecule has 0 N–H and O–H groups in total. The van der Waals surface area contributed by atoms with E-state index < -0.39 is 0 Å². The minimum absolute atomic E-state index is 0.384. The highest BCUT2D eigenvalue weighted by Crippen LogP contribution is 2.23. The quantitative estimate of drug-likeness (QED) is 0.511. The molecular formula is C13H22NO. The second-order valence-electron chi connectivity index (χ2n) is 4.92. The molecule has 2 saturated carbocycles. The molecule has 0 aromatic rings. The van der Waals surface area contributed by atoms with Gasteiger partial charge in [0.25, 0.3) is 0 Å². The lowest BCUT2D eigenvalue weighted by atomic mass is 9.90. The van der Waals surface area contributed by atoms with Crippen LogP contribution in [0.15, 0.2) is 5.16 Å². The Hall–Kier alpha value is -0.530. The topological polar surface area (TPSA) is 21.6 Å². The summed E-state index contributed by atoms with van der Waals surface area (Å²) in [5, 5.41) is 4.07. The third-order valence-electron chi connectivity index (χ3n) is 3.59. The van der Waals surface area contributed by atoms with Gasteiger partial charge in [0, 0.05) is 5.92 Å². The lowest BCUT2D eigenvalue weighted by Crippen LogP contribution is -2.15. The normalized spacial score (nSPS) is 25.9. The zero-order chi connectivity index (χ0) is 10.3. The molecule has 0 amide bonds. The monoisotopic (exact) mass is 208 g/mol. The summed E-state index contributed by atoms with van der Waals surface area (Å²) in [4.78, 5) is 5.50. The van der Waals surface area contributed by atoms with E-state index in [1.54, 1.807) is 0 Å². The summed E-state index contributed by atoms with van der Waals surface area (Å²) in [6.45, 7) is 0. The maximum atomic E-state index is 5.50. The van der Waals surface area contributed by atoms with Gasteiger partial charge in [-0.25, -0.2) is 0 Å². The first kappa shape index (κ1) is 11.0. The van der Waals surface area contributed by atoms with Crippen molar-refractivity contribution in [1.29, 1.82) is 0 Å². The molecule has 2 rings (SSSR count). The average Bonchev–Trinajstić information content (AvgIpc) is 2.32. The number of hydrogen-bond acceptors (Lipinski definition) is 2. The lowest BCUT2D eigenvalue weighted by molar-refractivity contribution is 0.0329. The number of rotatable bonds is 3. The molecule has 1 radical (unpaired) electrons. The fraction of sp³-hybridized carbons (Fsp3) is 0.923. The van der Waals surface area contributed by atoms with E-state index in [1.165, 1.54) is 64.2 Å². The zero-order valence-corrected chi connectivity index (χ0v) is 9.58. The van der Waals surface area contributed by atoms with Crippen molar-refractivity contribution in [2.24, 2.45) is 11.1 Å². The fourth-order valence-corrected chi connectivity index (χ4v) is 2.58. The van der Waals surface area contributed by atoms with Crippen molar-refractivity contribution in [2.45, 2.75) is 70.3 Å². The minimum atomic E-state index is 0.384. The highest BCUT2D eigenvalue weighted by molar-refractivity contribution is 5.59. The van der Waals surface area contributed by atoms with E-state index in [4.69, 9.17) is 4.84 Å². The SMILES string of the molecule is [C](=N\OC1CCCCC1)/C1CCCCC1. The van der Waals surface area contributed by atoms with Gasteiger partial charge in [-0.1, -0.05) is 30.8 Å². The van der Waals surface area contributed by atoms with Gasteiger partial charge >= 0.3 is 0 Å². The molecule has 0 spiro atoms. The summed E-state index contributed by atoms with van der Waals surface area (Å²) < 4.78 is 0. The predicted molar refractivity (Wildman–Crippen MR) is 62.0 cm³/mol. The summed E-state index contributed by atoms with van der Waals surface area (Å²) in [7, 11) is 0. The smallest absolute Gasteiger partial charge is 0.127 e. The molecule has 0 aromatic carbocycles. The minimum Gasteiger partial charge on any atom is -0.392 e. The molecule has 0 aliphatic heterocycles. The number of hydrogen-bond donors (Lipinski definition) is 0. The van der Waals surface area contributed by atoms with Crippen molar-refractivity contribution in [3.05, 3.63) is 0 Å². The summed E-state index contributed by atoms with van der Waals surface area (Å²) in [5.74, 6) is 0.572. The summed E-state index contributed by atoms with van der Waals surface area (Å²) in [5.41, 5.74) is 0. The van der Waals surface area contributed by atoms with Crippen LogP contribution in [-0.4, -0.2) is 12.3 Å². The van der Waals surface area contributed by atoms with Crippen LogP contribution in [0.25, 0.3) is 0 Å². The Morgan fingerprint density at radius 3 is 2.07 bits per heavy atom. The lowest BCUT2D eigenvalue weighted by Gasteiger charge is -2.20. The molecular weight excluding hydrogens is 186 g/mol. The zero-order valence-electron chi connectivity index (χ0n) is 9.58. The van der Waals surface area contributed by atoms with Gasteiger partial charge in [-0.3, -0.25) is 0 Å². The van der Waals surface area contributed by atoms with E-state index >= 15 is 0 Å². The van der Waals surface area contributed by atoms with Gasteiger partial charge in [0.05, 0.1) is 0 Å². The summed E-state index contributed by atoms with van der Waals surface area (Å²) >= 11 is 0. The molecule has 15 heavy (non-hydrogen) atoms. The molecule has 0 bridgehead atoms. The van der Waals surface area contributed by atoms with Crippen molar-refractivity contribution >= 4 is 6.21 Å². The molecule has 2 aliphatic carbocycles. The number of nitrogens with zero attached hydrogens (tertiary/aromatic N) is 1. The van der Waals surface area contributed by atoms with Crippen LogP contribution >= 0.6 is 0 Å². The van der Waals surface area contributed by atoms with Crippen LogP contribution in [-0.2, 0) is 4.84 Å². The maximum absolute atomic E-state index is 5.50. The predicted octanol–water partition coefficient (Wildman–Crippen LogP) is 3.78. The third kappa shape index (κ3) is 3.84. The molecule has 0 unspecified atom stereocenters. The van der Waals surface area contributed by atoms with E-state index in [9.17, 15) is 0 Å². The molecule has 0 aromatic heterocycles. The molecule has 0 heterocycles. The van der Waals surface area contributed by atoms with Crippen LogP contribution < -0.4 is 0 Å². The summed E-state index contributed by atoms with van der Waals surface area (Å²) in [6.07, 6.45) is 16.5. The third-order valence-corrected chi connectivity index (χ3v) is 3.59. The second kappa shape index (κ2) is 6.14. The van der Waals surface area contributed by atoms with Crippen LogP contribution in [0.3, 0.4) is 0 Å². The molecule has 0 atom stereocenters. The largest absolute Gasteiger partial charge is 0.392 e. The van der Waals surface area contributed by atoms with Crippen molar-refractivity contribution in [3.63, 3.8) is 0 Å². The van der Waals surface area contributed by atoms with E-state index in [2.05, 4.69) is 11.4 Å². The van der Waals surface area contributed by atoms with Crippen molar-refractivity contribution in [1.82, 2.24) is 0 Å². The molecule has 2 heteroatoms. The van der Waals surface area contributed by atoms with E-state index in [-0.39, 0.29) is 0 Å². The van der Waals surface area contributed by atoms with Crippen LogP contribution in [0.1, 0.15) is 64.2 Å². The first-order chi connectivity index (χ1) is 7.45. The second-order valence-corrected chi connectivity index (χ2v) is 4.92. The standard InChI is InChI=1S/C13H22NO/c1-3-7-12(8-4-1)11-14-15-13-9-5-2-6-10-13/h12-13H,1-10H2. The van der Waals surface area contributed by atoms with Crippen LogP contribution in [0.4, 0.5) is 0 Å². The highest BCUT2D eigenvalue weighted by Gasteiger charge is 2.15. The molecule has 2 fully saturated rings. The van der Waals surface area contributed by atoms with Crippen molar-refractivity contribution in [2.75, 3.05) is 0 Å². The van der Waals surface area contributed by atoms with Gasteiger partial charge < -0.3 is 4.84 Å². The van der Waals surface area contributed by atoms with E-state index in [0.717, 1.165) is 0 Å². The highest BCUT2D eigenvalue weighted by atomic mass is 16.6. The van der Waals surface area contributed by atoms with Crippen LogP contribution in [0.5, 0.6) is 0 Å². The molecule has 0 saturated heterocycles.